The third kappa shape index (κ3) is 5.87. The number of aromatic amines is 1. The molecule has 0 bridgehead atoms. The van der Waals surface area contributed by atoms with Gasteiger partial charge in [0.2, 0.25) is 0 Å². The van der Waals surface area contributed by atoms with Gasteiger partial charge in [-0.1, -0.05) is 30.3 Å². The molecule has 0 unspecified atom stereocenters. The minimum atomic E-state index is -0.938. The first-order valence-electron chi connectivity index (χ1n) is 9.34. The number of halogens is 1. The van der Waals surface area contributed by atoms with Crippen molar-refractivity contribution in [2.45, 2.75) is 31.9 Å². The van der Waals surface area contributed by atoms with E-state index in [2.05, 4.69) is 15.3 Å². The first kappa shape index (κ1) is 20.0. The van der Waals surface area contributed by atoms with E-state index in [1.807, 2.05) is 30.3 Å². The van der Waals surface area contributed by atoms with Crippen molar-refractivity contribution in [2.24, 2.45) is 0 Å². The van der Waals surface area contributed by atoms with E-state index in [4.69, 9.17) is 4.74 Å². The molecule has 0 aliphatic carbocycles. The van der Waals surface area contributed by atoms with Gasteiger partial charge in [0.1, 0.15) is 17.7 Å². The highest BCUT2D eigenvalue weighted by molar-refractivity contribution is 5.76. The SMILES string of the molecule is O=C(O)[C@@H](Cc1nc2ccc(F)cc2[nH]1)NCCCCOCc1ccccc1. The molecular weight excluding hydrogens is 361 g/mol. The molecule has 0 aliphatic rings. The number of nitrogens with zero attached hydrogens (tertiary/aromatic N) is 1. The minimum Gasteiger partial charge on any atom is -0.480 e. The Bertz CT molecular complexity index is 898. The van der Waals surface area contributed by atoms with Crippen LogP contribution in [0.25, 0.3) is 11.0 Å². The van der Waals surface area contributed by atoms with E-state index in [1.54, 1.807) is 6.07 Å². The predicted molar refractivity (Wildman–Crippen MR) is 105 cm³/mol. The van der Waals surface area contributed by atoms with Gasteiger partial charge >= 0.3 is 5.97 Å². The maximum absolute atomic E-state index is 13.3. The number of aliphatic carboxylic acids is 1. The maximum Gasteiger partial charge on any atom is 0.321 e. The van der Waals surface area contributed by atoms with Crippen LogP contribution in [0.5, 0.6) is 0 Å². The fourth-order valence-electron chi connectivity index (χ4n) is 2.94. The van der Waals surface area contributed by atoms with Gasteiger partial charge in [-0.3, -0.25) is 4.79 Å². The molecule has 1 heterocycles. The summed E-state index contributed by atoms with van der Waals surface area (Å²) in [4.78, 5) is 18.8. The Morgan fingerprint density at radius 2 is 2.04 bits per heavy atom. The van der Waals surface area contributed by atoms with E-state index in [-0.39, 0.29) is 12.2 Å². The Balaban J connectivity index is 1.39. The quantitative estimate of drug-likeness (QED) is 0.441. The molecular formula is C21H24FN3O3. The summed E-state index contributed by atoms with van der Waals surface area (Å²) in [6.07, 6.45) is 1.86. The number of hydrogen-bond donors (Lipinski definition) is 3. The number of hydrogen-bond acceptors (Lipinski definition) is 4. The topological polar surface area (TPSA) is 87.2 Å². The van der Waals surface area contributed by atoms with Gasteiger partial charge in [0.05, 0.1) is 17.6 Å². The number of unbranched alkanes of at least 4 members (excludes halogenated alkanes) is 1. The predicted octanol–water partition coefficient (Wildman–Crippen LogP) is 3.28. The molecule has 3 N–H and O–H groups in total. The fraction of sp³-hybridized carbons (Fsp3) is 0.333. The van der Waals surface area contributed by atoms with Gasteiger partial charge in [-0.25, -0.2) is 9.37 Å². The monoisotopic (exact) mass is 385 g/mol. The highest BCUT2D eigenvalue weighted by Crippen LogP contribution is 2.14. The van der Waals surface area contributed by atoms with Crippen molar-refractivity contribution < 1.29 is 19.0 Å². The smallest absolute Gasteiger partial charge is 0.321 e. The number of carbonyl (C=O) groups is 1. The fourth-order valence-corrected chi connectivity index (χ4v) is 2.94. The average Bonchev–Trinajstić information content (AvgIpc) is 3.08. The van der Waals surface area contributed by atoms with Crippen molar-refractivity contribution in [3.63, 3.8) is 0 Å². The largest absolute Gasteiger partial charge is 0.480 e. The summed E-state index contributed by atoms with van der Waals surface area (Å²) in [6, 6.07) is 13.5. The van der Waals surface area contributed by atoms with Crippen LogP contribution < -0.4 is 5.32 Å². The third-order valence-electron chi connectivity index (χ3n) is 4.41. The van der Waals surface area contributed by atoms with Crippen molar-refractivity contribution in [3.8, 4) is 0 Å². The molecule has 0 fully saturated rings. The molecule has 1 aromatic heterocycles. The molecule has 3 rings (SSSR count). The Hall–Kier alpha value is -2.77. The molecule has 0 saturated heterocycles. The normalized spacial score (nSPS) is 12.3. The van der Waals surface area contributed by atoms with E-state index >= 15 is 0 Å². The summed E-state index contributed by atoms with van der Waals surface area (Å²) in [5.41, 5.74) is 2.32. The van der Waals surface area contributed by atoms with Crippen molar-refractivity contribution in [1.29, 1.82) is 0 Å². The number of rotatable bonds is 11. The van der Waals surface area contributed by atoms with Crippen LogP contribution in [0.1, 0.15) is 24.2 Å². The van der Waals surface area contributed by atoms with Crippen LogP contribution in [0.15, 0.2) is 48.5 Å². The van der Waals surface area contributed by atoms with Gasteiger partial charge < -0.3 is 20.1 Å². The molecule has 3 aromatic rings. The molecule has 148 valence electrons. The molecule has 0 radical (unpaired) electrons. The van der Waals surface area contributed by atoms with Gasteiger partial charge in [-0.2, -0.15) is 0 Å². The van der Waals surface area contributed by atoms with Crippen LogP contribution in [-0.4, -0.2) is 40.2 Å². The highest BCUT2D eigenvalue weighted by Gasteiger charge is 2.19. The van der Waals surface area contributed by atoms with Gasteiger partial charge in [0.15, 0.2) is 0 Å². The number of fused-ring (bicyclic) bond motifs is 1. The molecule has 6 nitrogen and oxygen atoms in total. The van der Waals surface area contributed by atoms with Crippen LogP contribution in [-0.2, 0) is 22.6 Å². The Labute approximate surface area is 162 Å². The number of nitrogens with one attached hydrogen (secondary N) is 2. The van der Waals surface area contributed by atoms with Crippen LogP contribution in [0.2, 0.25) is 0 Å². The number of benzene rings is 2. The van der Waals surface area contributed by atoms with E-state index in [9.17, 15) is 14.3 Å². The summed E-state index contributed by atoms with van der Waals surface area (Å²) < 4.78 is 18.9. The zero-order valence-electron chi connectivity index (χ0n) is 15.5. The van der Waals surface area contributed by atoms with Crippen LogP contribution in [0.4, 0.5) is 4.39 Å². The molecule has 7 heteroatoms. The lowest BCUT2D eigenvalue weighted by molar-refractivity contribution is -0.139. The first-order valence-corrected chi connectivity index (χ1v) is 9.34. The van der Waals surface area contributed by atoms with Crippen molar-refractivity contribution in [2.75, 3.05) is 13.2 Å². The zero-order valence-corrected chi connectivity index (χ0v) is 15.5. The molecule has 2 aromatic carbocycles. The molecule has 0 amide bonds. The maximum atomic E-state index is 13.3. The molecule has 0 aliphatic heterocycles. The first-order chi connectivity index (χ1) is 13.6. The van der Waals surface area contributed by atoms with Gasteiger partial charge in [-0.05, 0) is 43.1 Å². The number of H-pyrrole nitrogens is 1. The number of carboxylic acid groups (broad SMARTS) is 1. The van der Waals surface area contributed by atoms with Crippen LogP contribution in [0.3, 0.4) is 0 Å². The number of aromatic nitrogens is 2. The molecule has 28 heavy (non-hydrogen) atoms. The lowest BCUT2D eigenvalue weighted by Crippen LogP contribution is -2.39. The van der Waals surface area contributed by atoms with Crippen LogP contribution in [0, 0.1) is 5.82 Å². The summed E-state index contributed by atoms with van der Waals surface area (Å²) in [6.45, 7) is 1.78. The summed E-state index contributed by atoms with van der Waals surface area (Å²) >= 11 is 0. The van der Waals surface area contributed by atoms with Crippen molar-refractivity contribution >= 4 is 17.0 Å². The second-order valence-corrected chi connectivity index (χ2v) is 6.64. The summed E-state index contributed by atoms with van der Waals surface area (Å²) in [7, 11) is 0. The van der Waals surface area contributed by atoms with E-state index < -0.39 is 12.0 Å². The second kappa shape index (κ2) is 9.96. The Kier molecular flexibility index (Phi) is 7.11. The standard InChI is InChI=1S/C21H24FN3O3/c22-16-8-9-17-18(12-16)25-20(24-17)13-19(21(26)27)23-10-4-5-11-28-14-15-6-2-1-3-7-15/h1-3,6-9,12,19,23H,4-5,10-11,13-14H2,(H,24,25)(H,26,27)/t19-/m1/s1. The number of carboxylic acids is 1. The van der Waals surface area contributed by atoms with Crippen molar-refractivity contribution in [1.82, 2.24) is 15.3 Å². The lowest BCUT2D eigenvalue weighted by Gasteiger charge is -2.13. The van der Waals surface area contributed by atoms with Crippen LogP contribution >= 0.6 is 0 Å². The highest BCUT2D eigenvalue weighted by atomic mass is 19.1. The van der Waals surface area contributed by atoms with Gasteiger partial charge in [-0.15, -0.1) is 0 Å². The zero-order chi connectivity index (χ0) is 19.8. The van der Waals surface area contributed by atoms with Gasteiger partial charge in [0, 0.05) is 13.0 Å². The number of ether oxygens (including phenoxy) is 1. The van der Waals surface area contributed by atoms with Gasteiger partial charge in [0.25, 0.3) is 0 Å². The molecule has 1 atom stereocenters. The van der Waals surface area contributed by atoms with Crippen molar-refractivity contribution in [3.05, 3.63) is 65.7 Å². The average molecular weight is 385 g/mol. The van der Waals surface area contributed by atoms with E-state index in [1.165, 1.54) is 12.1 Å². The summed E-state index contributed by atoms with van der Waals surface area (Å²) in [5.74, 6) is -0.774. The second-order valence-electron chi connectivity index (χ2n) is 6.64. The molecule has 0 spiro atoms. The Morgan fingerprint density at radius 3 is 2.82 bits per heavy atom. The Morgan fingerprint density at radius 1 is 1.21 bits per heavy atom. The third-order valence-corrected chi connectivity index (χ3v) is 4.41. The van der Waals surface area contributed by atoms with E-state index in [0.717, 1.165) is 18.4 Å². The lowest BCUT2D eigenvalue weighted by atomic mass is 10.2. The van der Waals surface area contributed by atoms with E-state index in [0.29, 0.717) is 36.6 Å². The number of imidazole rings is 1. The molecule has 0 saturated carbocycles. The minimum absolute atomic E-state index is 0.205. The summed E-state index contributed by atoms with van der Waals surface area (Å²) in [5, 5.41) is 12.5.